The summed E-state index contributed by atoms with van der Waals surface area (Å²) in [5.41, 5.74) is 2.45. The summed E-state index contributed by atoms with van der Waals surface area (Å²) in [7, 11) is 0. The van der Waals surface area contributed by atoms with Crippen molar-refractivity contribution in [1.29, 1.82) is 0 Å². The first-order valence-corrected chi connectivity index (χ1v) is 8.08. The van der Waals surface area contributed by atoms with Crippen molar-refractivity contribution in [1.82, 2.24) is 5.32 Å². The van der Waals surface area contributed by atoms with Gasteiger partial charge in [-0.3, -0.25) is 0 Å². The quantitative estimate of drug-likeness (QED) is 0.783. The Hall–Kier alpha value is -1.45. The highest BCUT2D eigenvalue weighted by molar-refractivity contribution is 7.98. The van der Waals surface area contributed by atoms with Crippen molar-refractivity contribution in [3.63, 3.8) is 0 Å². The molecule has 0 bridgehead atoms. The molecule has 2 aromatic rings. The van der Waals surface area contributed by atoms with Gasteiger partial charge in [-0.1, -0.05) is 36.8 Å². The fraction of sp³-hybridized carbons (Fsp3) is 0.294. The highest BCUT2D eigenvalue weighted by Gasteiger charge is 2.08. The van der Waals surface area contributed by atoms with Crippen LogP contribution in [0.25, 0.3) is 0 Å². The molecular formula is C17H21NOS. The lowest BCUT2D eigenvalue weighted by atomic mass is 10.1. The maximum atomic E-state index is 6.12. The Morgan fingerprint density at radius 2 is 1.90 bits per heavy atom. The Morgan fingerprint density at radius 3 is 2.65 bits per heavy atom. The Morgan fingerprint density at radius 1 is 1.10 bits per heavy atom. The molecule has 0 aliphatic rings. The largest absolute Gasteiger partial charge is 0.456 e. The number of ether oxygens (including phenoxy) is 1. The minimum atomic E-state index is 0.828. The third kappa shape index (κ3) is 3.78. The summed E-state index contributed by atoms with van der Waals surface area (Å²) in [6, 6.07) is 14.5. The van der Waals surface area contributed by atoms with Crippen LogP contribution in [-0.4, -0.2) is 12.8 Å². The Balaban J connectivity index is 2.28. The van der Waals surface area contributed by atoms with Crippen molar-refractivity contribution >= 4 is 11.8 Å². The SMILES string of the molecule is CCNCc1cc(C)ccc1Oc1ccccc1SC. The number of hydrogen-bond donors (Lipinski definition) is 1. The number of aryl methyl sites for hydroxylation is 1. The summed E-state index contributed by atoms with van der Waals surface area (Å²) < 4.78 is 6.12. The van der Waals surface area contributed by atoms with E-state index in [-0.39, 0.29) is 0 Å². The number of para-hydroxylation sites is 1. The van der Waals surface area contributed by atoms with Crippen molar-refractivity contribution in [3.05, 3.63) is 53.6 Å². The van der Waals surface area contributed by atoms with Gasteiger partial charge < -0.3 is 10.1 Å². The lowest BCUT2D eigenvalue weighted by molar-refractivity contribution is 0.462. The zero-order valence-electron chi connectivity index (χ0n) is 12.3. The van der Waals surface area contributed by atoms with Crippen molar-refractivity contribution < 1.29 is 4.74 Å². The molecule has 0 unspecified atom stereocenters. The Kier molecular flexibility index (Phi) is 5.50. The van der Waals surface area contributed by atoms with Crippen LogP contribution in [0, 0.1) is 6.92 Å². The van der Waals surface area contributed by atoms with Gasteiger partial charge in [0.2, 0.25) is 0 Å². The van der Waals surface area contributed by atoms with Crippen LogP contribution in [0.1, 0.15) is 18.1 Å². The second-order valence-corrected chi connectivity index (χ2v) is 5.49. The molecule has 0 atom stereocenters. The highest BCUT2D eigenvalue weighted by Crippen LogP contribution is 2.33. The third-order valence-corrected chi connectivity index (χ3v) is 3.85. The van der Waals surface area contributed by atoms with Crippen LogP contribution < -0.4 is 10.1 Å². The Bertz CT molecular complexity index is 569. The maximum absolute atomic E-state index is 6.12. The van der Waals surface area contributed by atoms with E-state index < -0.39 is 0 Å². The normalized spacial score (nSPS) is 10.6. The standard InChI is InChI=1S/C17H21NOS/c1-4-18-12-14-11-13(2)9-10-15(14)19-16-7-5-6-8-17(16)20-3/h5-11,18H,4,12H2,1-3H3. The summed E-state index contributed by atoms with van der Waals surface area (Å²) >= 11 is 1.70. The van der Waals surface area contributed by atoms with Gasteiger partial charge in [0.25, 0.3) is 0 Å². The summed E-state index contributed by atoms with van der Waals surface area (Å²) in [6.07, 6.45) is 2.07. The molecule has 0 aliphatic heterocycles. The first-order chi connectivity index (χ1) is 9.74. The number of nitrogens with one attached hydrogen (secondary N) is 1. The van der Waals surface area contributed by atoms with Gasteiger partial charge >= 0.3 is 0 Å². The number of benzene rings is 2. The van der Waals surface area contributed by atoms with Gasteiger partial charge in [-0.15, -0.1) is 11.8 Å². The second-order valence-electron chi connectivity index (χ2n) is 4.64. The summed E-state index contributed by atoms with van der Waals surface area (Å²) in [6.45, 7) is 6.00. The molecule has 106 valence electrons. The van der Waals surface area contributed by atoms with Crippen LogP contribution in [0.15, 0.2) is 47.4 Å². The van der Waals surface area contributed by atoms with Gasteiger partial charge in [-0.25, -0.2) is 0 Å². The third-order valence-electron chi connectivity index (χ3n) is 3.07. The van der Waals surface area contributed by atoms with E-state index in [9.17, 15) is 0 Å². The van der Waals surface area contributed by atoms with Crippen molar-refractivity contribution in [3.8, 4) is 11.5 Å². The number of rotatable bonds is 6. The monoisotopic (exact) mass is 287 g/mol. The van der Waals surface area contributed by atoms with Crippen molar-refractivity contribution in [2.75, 3.05) is 12.8 Å². The molecule has 0 fully saturated rings. The van der Waals surface area contributed by atoms with Gasteiger partial charge in [0, 0.05) is 17.0 Å². The zero-order chi connectivity index (χ0) is 14.4. The van der Waals surface area contributed by atoms with E-state index in [0.717, 1.165) is 29.5 Å². The molecule has 2 aromatic carbocycles. The smallest absolute Gasteiger partial charge is 0.140 e. The lowest BCUT2D eigenvalue weighted by Crippen LogP contribution is -2.12. The Labute approximate surface area is 125 Å². The van der Waals surface area contributed by atoms with Crippen LogP contribution in [0.2, 0.25) is 0 Å². The molecular weight excluding hydrogens is 266 g/mol. The van der Waals surface area contributed by atoms with E-state index in [2.05, 4.69) is 49.7 Å². The average molecular weight is 287 g/mol. The topological polar surface area (TPSA) is 21.3 Å². The van der Waals surface area contributed by atoms with Gasteiger partial charge in [-0.2, -0.15) is 0 Å². The van der Waals surface area contributed by atoms with Crippen molar-refractivity contribution in [2.24, 2.45) is 0 Å². The van der Waals surface area contributed by atoms with Crippen LogP contribution in [0.3, 0.4) is 0 Å². The molecule has 3 heteroatoms. The summed E-state index contributed by atoms with van der Waals surface area (Å²) in [5.74, 6) is 1.85. The molecule has 0 amide bonds. The van der Waals surface area contributed by atoms with E-state index in [1.54, 1.807) is 11.8 Å². The number of hydrogen-bond acceptors (Lipinski definition) is 3. The molecule has 0 saturated heterocycles. The van der Waals surface area contributed by atoms with Crippen LogP contribution >= 0.6 is 11.8 Å². The molecule has 1 N–H and O–H groups in total. The lowest BCUT2D eigenvalue weighted by Gasteiger charge is -2.14. The van der Waals surface area contributed by atoms with Crippen molar-refractivity contribution in [2.45, 2.75) is 25.3 Å². The molecule has 0 aliphatic carbocycles. The molecule has 0 radical (unpaired) electrons. The molecule has 20 heavy (non-hydrogen) atoms. The van der Waals surface area contributed by atoms with Gasteiger partial charge in [-0.05, 0) is 37.9 Å². The molecule has 0 aromatic heterocycles. The van der Waals surface area contributed by atoms with E-state index in [0.29, 0.717) is 0 Å². The minimum absolute atomic E-state index is 0.828. The molecule has 0 saturated carbocycles. The summed E-state index contributed by atoms with van der Waals surface area (Å²) in [4.78, 5) is 1.16. The molecule has 0 heterocycles. The summed E-state index contributed by atoms with van der Waals surface area (Å²) in [5, 5.41) is 3.36. The second kappa shape index (κ2) is 7.36. The molecule has 2 rings (SSSR count). The maximum Gasteiger partial charge on any atom is 0.140 e. The van der Waals surface area contributed by atoms with E-state index in [4.69, 9.17) is 4.74 Å². The fourth-order valence-electron chi connectivity index (χ4n) is 2.03. The van der Waals surface area contributed by atoms with E-state index in [1.807, 2.05) is 18.2 Å². The fourth-order valence-corrected chi connectivity index (χ4v) is 2.55. The average Bonchev–Trinajstić information content (AvgIpc) is 2.48. The van der Waals surface area contributed by atoms with Crippen LogP contribution in [-0.2, 0) is 6.54 Å². The first kappa shape index (κ1) is 14.9. The van der Waals surface area contributed by atoms with Gasteiger partial charge in [0.15, 0.2) is 0 Å². The number of thioether (sulfide) groups is 1. The zero-order valence-corrected chi connectivity index (χ0v) is 13.1. The predicted octanol–water partition coefficient (Wildman–Crippen LogP) is 4.62. The van der Waals surface area contributed by atoms with E-state index >= 15 is 0 Å². The van der Waals surface area contributed by atoms with Gasteiger partial charge in [0.05, 0.1) is 0 Å². The minimum Gasteiger partial charge on any atom is -0.456 e. The molecule has 0 spiro atoms. The first-order valence-electron chi connectivity index (χ1n) is 6.85. The van der Waals surface area contributed by atoms with Crippen LogP contribution in [0.5, 0.6) is 11.5 Å². The van der Waals surface area contributed by atoms with Gasteiger partial charge in [0.1, 0.15) is 11.5 Å². The van der Waals surface area contributed by atoms with E-state index in [1.165, 1.54) is 11.1 Å². The molecule has 2 nitrogen and oxygen atoms in total. The highest BCUT2D eigenvalue weighted by atomic mass is 32.2. The van der Waals surface area contributed by atoms with Crippen LogP contribution in [0.4, 0.5) is 0 Å². The predicted molar refractivity (Wildman–Crippen MR) is 86.9 cm³/mol.